The van der Waals surface area contributed by atoms with Gasteiger partial charge in [-0.15, -0.1) is 0 Å². The highest BCUT2D eigenvalue weighted by atomic mass is 35.5. The highest BCUT2D eigenvalue weighted by molar-refractivity contribution is 6.29. The van der Waals surface area contributed by atoms with Gasteiger partial charge in [0.1, 0.15) is 0 Å². The summed E-state index contributed by atoms with van der Waals surface area (Å²) < 4.78 is 4.41. The predicted octanol–water partition coefficient (Wildman–Crippen LogP) is 2.68. The number of carbonyl (C=O) groups excluding carboxylic acids is 1. The first-order chi connectivity index (χ1) is 8.47. The van der Waals surface area contributed by atoms with Crippen LogP contribution >= 0.6 is 11.6 Å². The number of halogens is 1. The molecule has 1 rings (SSSR count). The SMILES string of the molecule is CC.CCOC(=O)C(N)Cl.Cc1cccc(N)c1. The number of anilines is 1. The number of rotatable bonds is 2. The van der Waals surface area contributed by atoms with Gasteiger partial charge in [0.25, 0.3) is 0 Å². The lowest BCUT2D eigenvalue weighted by atomic mass is 10.2. The van der Waals surface area contributed by atoms with E-state index in [0.717, 1.165) is 5.69 Å². The monoisotopic (exact) mass is 274 g/mol. The van der Waals surface area contributed by atoms with Crippen molar-refractivity contribution in [1.82, 2.24) is 0 Å². The molecule has 0 aromatic heterocycles. The van der Waals surface area contributed by atoms with Crippen LogP contribution in [0.1, 0.15) is 26.3 Å². The third-order valence-corrected chi connectivity index (χ3v) is 1.73. The van der Waals surface area contributed by atoms with Crippen molar-refractivity contribution in [2.24, 2.45) is 5.73 Å². The van der Waals surface area contributed by atoms with E-state index in [-0.39, 0.29) is 0 Å². The first-order valence-corrected chi connectivity index (χ1v) is 6.29. The molecule has 0 aliphatic rings. The molecule has 5 heteroatoms. The fourth-order valence-corrected chi connectivity index (χ4v) is 0.955. The number of alkyl halides is 1. The number of nitrogen functional groups attached to an aromatic ring is 1. The summed E-state index contributed by atoms with van der Waals surface area (Å²) in [5.74, 6) is -0.575. The summed E-state index contributed by atoms with van der Waals surface area (Å²) in [5, 5.41) is 0. The van der Waals surface area contributed by atoms with Gasteiger partial charge in [-0.25, -0.2) is 4.79 Å². The average molecular weight is 275 g/mol. The maximum atomic E-state index is 10.3. The van der Waals surface area contributed by atoms with Crippen molar-refractivity contribution < 1.29 is 9.53 Å². The molecule has 0 aliphatic heterocycles. The summed E-state index contributed by atoms with van der Waals surface area (Å²) in [6.07, 6.45) is 0. The molecule has 1 aromatic carbocycles. The van der Waals surface area contributed by atoms with Gasteiger partial charge in [-0.3, -0.25) is 0 Å². The molecule has 0 aliphatic carbocycles. The molecule has 0 saturated carbocycles. The number of aryl methyl sites for hydroxylation is 1. The lowest BCUT2D eigenvalue weighted by Crippen LogP contribution is -2.26. The molecule has 4 nitrogen and oxygen atoms in total. The molecule has 0 bridgehead atoms. The van der Waals surface area contributed by atoms with Gasteiger partial charge in [0.05, 0.1) is 6.61 Å². The first-order valence-electron chi connectivity index (χ1n) is 5.85. The van der Waals surface area contributed by atoms with Crippen molar-refractivity contribution in [3.8, 4) is 0 Å². The van der Waals surface area contributed by atoms with Crippen LogP contribution in [-0.2, 0) is 9.53 Å². The maximum Gasteiger partial charge on any atom is 0.338 e. The zero-order valence-corrected chi connectivity index (χ0v) is 12.2. The smallest absolute Gasteiger partial charge is 0.338 e. The van der Waals surface area contributed by atoms with Crippen LogP contribution in [0, 0.1) is 6.92 Å². The molecule has 0 heterocycles. The van der Waals surface area contributed by atoms with Gasteiger partial charge < -0.3 is 16.2 Å². The van der Waals surface area contributed by atoms with Crippen LogP contribution in [-0.4, -0.2) is 18.1 Å². The van der Waals surface area contributed by atoms with Gasteiger partial charge in [-0.1, -0.05) is 37.6 Å². The van der Waals surface area contributed by atoms with Gasteiger partial charge >= 0.3 is 5.97 Å². The highest BCUT2D eigenvalue weighted by Gasteiger charge is 2.08. The first kappa shape index (κ1) is 19.1. The molecule has 1 aromatic rings. The normalized spacial score (nSPS) is 10.1. The van der Waals surface area contributed by atoms with Crippen LogP contribution in [0.25, 0.3) is 0 Å². The minimum absolute atomic E-state index is 0.319. The lowest BCUT2D eigenvalue weighted by Gasteiger charge is -2.00. The largest absolute Gasteiger partial charge is 0.464 e. The van der Waals surface area contributed by atoms with Crippen molar-refractivity contribution in [2.45, 2.75) is 33.2 Å². The van der Waals surface area contributed by atoms with E-state index in [0.29, 0.717) is 6.61 Å². The molecule has 104 valence electrons. The molecular weight excluding hydrogens is 252 g/mol. The van der Waals surface area contributed by atoms with Crippen molar-refractivity contribution in [3.05, 3.63) is 29.8 Å². The summed E-state index contributed by atoms with van der Waals surface area (Å²) in [7, 11) is 0. The number of hydrogen-bond acceptors (Lipinski definition) is 4. The van der Waals surface area contributed by atoms with Crippen LogP contribution in [0.4, 0.5) is 5.69 Å². The molecule has 0 saturated heterocycles. The molecule has 18 heavy (non-hydrogen) atoms. The van der Waals surface area contributed by atoms with Crippen molar-refractivity contribution in [3.63, 3.8) is 0 Å². The number of benzene rings is 1. The summed E-state index contributed by atoms with van der Waals surface area (Å²) in [6, 6.07) is 7.80. The summed E-state index contributed by atoms with van der Waals surface area (Å²) in [6.45, 7) is 8.03. The summed E-state index contributed by atoms with van der Waals surface area (Å²) in [5.41, 5.74) is 11.4. The van der Waals surface area contributed by atoms with E-state index >= 15 is 0 Å². The number of ether oxygens (including phenoxy) is 1. The zero-order valence-electron chi connectivity index (χ0n) is 11.4. The third kappa shape index (κ3) is 11.2. The number of hydrogen-bond donors (Lipinski definition) is 2. The molecule has 0 fully saturated rings. The van der Waals surface area contributed by atoms with Crippen LogP contribution in [0.3, 0.4) is 0 Å². The molecule has 0 amide bonds. The zero-order chi connectivity index (χ0) is 14.6. The molecule has 0 radical (unpaired) electrons. The second kappa shape index (κ2) is 12.2. The number of esters is 1. The second-order valence-electron chi connectivity index (χ2n) is 3.07. The van der Waals surface area contributed by atoms with Crippen molar-refractivity contribution in [1.29, 1.82) is 0 Å². The Labute approximate surface area is 114 Å². The second-order valence-corrected chi connectivity index (χ2v) is 3.54. The van der Waals surface area contributed by atoms with E-state index in [1.54, 1.807) is 6.92 Å². The van der Waals surface area contributed by atoms with Crippen molar-refractivity contribution in [2.75, 3.05) is 12.3 Å². The molecule has 4 N–H and O–H groups in total. The highest BCUT2D eigenvalue weighted by Crippen LogP contribution is 2.03. The predicted molar refractivity (Wildman–Crippen MR) is 77.4 cm³/mol. The summed E-state index contributed by atoms with van der Waals surface area (Å²) in [4.78, 5) is 10.3. The fourth-order valence-electron chi connectivity index (χ4n) is 0.892. The lowest BCUT2D eigenvalue weighted by molar-refractivity contribution is -0.142. The molecule has 1 atom stereocenters. The number of carbonyl (C=O) groups is 1. The Kier molecular flexibility index (Phi) is 12.9. The quantitative estimate of drug-likeness (QED) is 0.376. The van der Waals surface area contributed by atoms with E-state index in [9.17, 15) is 4.79 Å². The Morgan fingerprint density at radius 1 is 1.44 bits per heavy atom. The minimum Gasteiger partial charge on any atom is -0.464 e. The Balaban J connectivity index is 0. The van der Waals surface area contributed by atoms with Gasteiger partial charge in [0.2, 0.25) is 0 Å². The van der Waals surface area contributed by atoms with Crippen molar-refractivity contribution >= 4 is 23.3 Å². The average Bonchev–Trinajstić information content (AvgIpc) is 2.32. The van der Waals surface area contributed by atoms with Crippen LogP contribution in [0.5, 0.6) is 0 Å². The van der Waals surface area contributed by atoms with Gasteiger partial charge in [0, 0.05) is 5.69 Å². The van der Waals surface area contributed by atoms with E-state index in [1.807, 2.05) is 45.0 Å². The van der Waals surface area contributed by atoms with Crippen LogP contribution in [0.2, 0.25) is 0 Å². The van der Waals surface area contributed by atoms with E-state index in [4.69, 9.17) is 23.1 Å². The van der Waals surface area contributed by atoms with E-state index < -0.39 is 11.5 Å². The Morgan fingerprint density at radius 2 is 2.00 bits per heavy atom. The van der Waals surface area contributed by atoms with Gasteiger partial charge in [0.15, 0.2) is 5.50 Å². The molecule has 0 spiro atoms. The van der Waals surface area contributed by atoms with Gasteiger partial charge in [-0.2, -0.15) is 0 Å². The van der Waals surface area contributed by atoms with Gasteiger partial charge in [-0.05, 0) is 31.5 Å². The van der Waals surface area contributed by atoms with Crippen LogP contribution < -0.4 is 11.5 Å². The Morgan fingerprint density at radius 3 is 2.22 bits per heavy atom. The molecule has 1 unspecified atom stereocenters. The topological polar surface area (TPSA) is 78.3 Å². The van der Waals surface area contributed by atoms with E-state index in [2.05, 4.69) is 4.74 Å². The minimum atomic E-state index is -1.02. The molecular formula is C13H23ClN2O2. The third-order valence-electron chi connectivity index (χ3n) is 1.55. The standard InChI is InChI=1S/C7H9N.C4H8ClNO2.C2H6/c1-6-3-2-4-7(8)5-6;1-2-8-4(7)3(5)6;1-2/h2-5H,8H2,1H3;3H,2,6H2,1H3;1-2H3. The Hall–Kier alpha value is -1.26. The summed E-state index contributed by atoms with van der Waals surface area (Å²) >= 11 is 5.11. The number of nitrogens with two attached hydrogens (primary N) is 2. The Bertz CT molecular complexity index is 313. The maximum absolute atomic E-state index is 10.3. The van der Waals surface area contributed by atoms with E-state index in [1.165, 1.54) is 5.56 Å². The van der Waals surface area contributed by atoms with Crippen LogP contribution in [0.15, 0.2) is 24.3 Å². The fraction of sp³-hybridized carbons (Fsp3) is 0.462.